The van der Waals surface area contributed by atoms with Crippen LogP contribution in [0.4, 0.5) is 4.79 Å². The molecular formula is C16H17ClN2O3. The average molecular weight is 321 g/mol. The molecule has 2 aromatic rings. The van der Waals surface area contributed by atoms with E-state index in [1.807, 2.05) is 26.0 Å². The lowest BCUT2D eigenvalue weighted by molar-refractivity contribution is 0.141. The fourth-order valence-corrected chi connectivity index (χ4v) is 1.99. The maximum atomic E-state index is 11.9. The molecule has 116 valence electrons. The Balaban J connectivity index is 2.31. The van der Waals surface area contributed by atoms with Gasteiger partial charge in [-0.2, -0.15) is 5.10 Å². The van der Waals surface area contributed by atoms with Crippen molar-refractivity contribution < 1.29 is 9.53 Å². The van der Waals surface area contributed by atoms with E-state index in [2.05, 4.69) is 5.10 Å². The standard InChI is InChI=1S/C16H17ClN2O3/c1-3-4-9-22-16(21)19-15(20)8-7-14(18-19)12-6-5-11(2)13(17)10-12/h5-8,10H,3-4,9H2,1-2H3. The number of aromatic nitrogens is 2. The molecule has 0 atom stereocenters. The number of hydrogen-bond acceptors (Lipinski definition) is 4. The lowest BCUT2D eigenvalue weighted by Crippen LogP contribution is -2.30. The molecule has 1 aromatic carbocycles. The number of ether oxygens (including phenoxy) is 1. The summed E-state index contributed by atoms with van der Waals surface area (Å²) < 4.78 is 5.75. The van der Waals surface area contributed by atoms with Crippen molar-refractivity contribution in [3.8, 4) is 11.3 Å². The van der Waals surface area contributed by atoms with Crippen LogP contribution >= 0.6 is 11.6 Å². The second-order valence-corrected chi connectivity index (χ2v) is 5.31. The van der Waals surface area contributed by atoms with Gasteiger partial charge in [0.15, 0.2) is 0 Å². The monoisotopic (exact) mass is 320 g/mol. The van der Waals surface area contributed by atoms with Crippen molar-refractivity contribution in [2.45, 2.75) is 26.7 Å². The van der Waals surface area contributed by atoms with Gasteiger partial charge in [-0.3, -0.25) is 4.79 Å². The Hall–Kier alpha value is -2.14. The Bertz CT molecular complexity index is 740. The highest BCUT2D eigenvalue weighted by atomic mass is 35.5. The first-order valence-corrected chi connectivity index (χ1v) is 7.44. The van der Waals surface area contributed by atoms with Crippen LogP contribution in [0.2, 0.25) is 5.02 Å². The van der Waals surface area contributed by atoms with Crippen molar-refractivity contribution in [3.63, 3.8) is 0 Å². The van der Waals surface area contributed by atoms with E-state index in [4.69, 9.17) is 16.3 Å². The molecule has 0 N–H and O–H groups in total. The third kappa shape index (κ3) is 3.74. The smallest absolute Gasteiger partial charge is 0.438 e. The maximum absolute atomic E-state index is 11.9. The van der Waals surface area contributed by atoms with E-state index in [0.29, 0.717) is 10.7 Å². The molecule has 0 unspecified atom stereocenters. The van der Waals surface area contributed by atoms with Crippen LogP contribution in [0.1, 0.15) is 25.3 Å². The zero-order chi connectivity index (χ0) is 16.1. The summed E-state index contributed by atoms with van der Waals surface area (Å²) in [6.07, 6.45) is 0.879. The molecule has 0 radical (unpaired) electrons. The van der Waals surface area contributed by atoms with E-state index in [-0.39, 0.29) is 6.61 Å². The molecule has 0 amide bonds. The van der Waals surface area contributed by atoms with E-state index in [1.165, 1.54) is 6.07 Å². The Morgan fingerprint density at radius 1 is 1.32 bits per heavy atom. The summed E-state index contributed by atoms with van der Waals surface area (Å²) in [6.45, 7) is 4.15. The molecule has 2 rings (SSSR count). The SMILES string of the molecule is CCCCOC(=O)n1nc(-c2ccc(C)c(Cl)c2)ccc1=O. The number of hydrogen-bond donors (Lipinski definition) is 0. The summed E-state index contributed by atoms with van der Waals surface area (Å²) in [4.78, 5) is 23.7. The highest BCUT2D eigenvalue weighted by molar-refractivity contribution is 6.31. The minimum atomic E-state index is -0.765. The molecule has 6 heteroatoms. The Labute approximate surface area is 133 Å². The van der Waals surface area contributed by atoms with Gasteiger partial charge in [0.1, 0.15) is 0 Å². The molecular weight excluding hydrogens is 304 g/mol. The molecule has 5 nitrogen and oxygen atoms in total. The number of carbonyl (C=O) groups excluding carboxylic acids is 1. The van der Waals surface area contributed by atoms with Crippen LogP contribution in [0, 0.1) is 6.92 Å². The van der Waals surface area contributed by atoms with Gasteiger partial charge >= 0.3 is 6.09 Å². The van der Waals surface area contributed by atoms with Gasteiger partial charge in [-0.15, -0.1) is 4.68 Å². The lowest BCUT2D eigenvalue weighted by Gasteiger charge is -2.07. The predicted molar refractivity (Wildman–Crippen MR) is 85.3 cm³/mol. The lowest BCUT2D eigenvalue weighted by atomic mass is 10.1. The van der Waals surface area contributed by atoms with Gasteiger partial charge < -0.3 is 4.74 Å². The van der Waals surface area contributed by atoms with Crippen molar-refractivity contribution in [2.75, 3.05) is 6.61 Å². The molecule has 0 aliphatic carbocycles. The Kier molecular flexibility index (Phi) is 5.33. The molecule has 0 spiro atoms. The summed E-state index contributed by atoms with van der Waals surface area (Å²) >= 11 is 6.09. The van der Waals surface area contributed by atoms with Crippen LogP contribution in [0.25, 0.3) is 11.3 Å². The zero-order valence-corrected chi connectivity index (χ0v) is 13.3. The van der Waals surface area contributed by atoms with Crippen molar-refractivity contribution in [2.24, 2.45) is 0 Å². The quantitative estimate of drug-likeness (QED) is 0.807. The van der Waals surface area contributed by atoms with Crippen molar-refractivity contribution in [1.29, 1.82) is 0 Å². The summed E-state index contributed by atoms with van der Waals surface area (Å²) in [5.74, 6) is 0. The van der Waals surface area contributed by atoms with Crippen LogP contribution in [-0.4, -0.2) is 22.5 Å². The first kappa shape index (κ1) is 16.2. The fourth-order valence-electron chi connectivity index (χ4n) is 1.81. The number of aryl methyl sites for hydroxylation is 1. The van der Waals surface area contributed by atoms with Crippen LogP contribution in [0.3, 0.4) is 0 Å². The molecule has 0 aliphatic rings. The van der Waals surface area contributed by atoms with Gasteiger partial charge in [0, 0.05) is 16.7 Å². The van der Waals surface area contributed by atoms with E-state index < -0.39 is 11.7 Å². The predicted octanol–water partition coefficient (Wildman–Crippen LogP) is 3.66. The number of nitrogens with zero attached hydrogens (tertiary/aromatic N) is 2. The average Bonchev–Trinajstić information content (AvgIpc) is 2.50. The van der Waals surface area contributed by atoms with Gasteiger partial charge in [-0.1, -0.05) is 37.1 Å². The van der Waals surface area contributed by atoms with Crippen molar-refractivity contribution in [1.82, 2.24) is 9.78 Å². The minimum Gasteiger partial charge on any atom is -0.448 e. The summed E-state index contributed by atoms with van der Waals surface area (Å²) in [5, 5.41) is 4.66. The summed E-state index contributed by atoms with van der Waals surface area (Å²) in [7, 11) is 0. The second-order valence-electron chi connectivity index (χ2n) is 4.90. The molecule has 22 heavy (non-hydrogen) atoms. The normalized spacial score (nSPS) is 10.5. The first-order valence-electron chi connectivity index (χ1n) is 7.07. The fraction of sp³-hybridized carbons (Fsp3) is 0.312. The maximum Gasteiger partial charge on any atom is 0.438 e. The number of unbranched alkanes of at least 4 members (excludes halogenated alkanes) is 1. The Morgan fingerprint density at radius 3 is 2.77 bits per heavy atom. The first-order chi connectivity index (χ1) is 10.5. The number of benzene rings is 1. The van der Waals surface area contributed by atoms with Crippen LogP contribution < -0.4 is 5.56 Å². The van der Waals surface area contributed by atoms with Gasteiger partial charge in [0.25, 0.3) is 5.56 Å². The third-order valence-corrected chi connectivity index (χ3v) is 3.57. The number of carbonyl (C=O) groups is 1. The summed E-state index contributed by atoms with van der Waals surface area (Å²) in [5.41, 5.74) is 1.63. The van der Waals surface area contributed by atoms with E-state index in [9.17, 15) is 9.59 Å². The van der Waals surface area contributed by atoms with Gasteiger partial charge in [0.05, 0.1) is 12.3 Å². The van der Waals surface area contributed by atoms with Crippen LogP contribution in [0.15, 0.2) is 35.1 Å². The number of halogens is 1. The molecule has 1 aromatic heterocycles. The van der Waals surface area contributed by atoms with Gasteiger partial charge in [-0.25, -0.2) is 4.79 Å². The molecule has 0 fully saturated rings. The van der Waals surface area contributed by atoms with Gasteiger partial charge in [-0.05, 0) is 31.0 Å². The largest absolute Gasteiger partial charge is 0.448 e. The Morgan fingerprint density at radius 2 is 2.09 bits per heavy atom. The number of rotatable bonds is 4. The second kappa shape index (κ2) is 7.22. The van der Waals surface area contributed by atoms with E-state index in [0.717, 1.165) is 28.7 Å². The molecule has 0 saturated heterocycles. The highest BCUT2D eigenvalue weighted by Crippen LogP contribution is 2.23. The van der Waals surface area contributed by atoms with Crippen LogP contribution in [-0.2, 0) is 4.74 Å². The third-order valence-electron chi connectivity index (χ3n) is 3.16. The van der Waals surface area contributed by atoms with E-state index >= 15 is 0 Å². The summed E-state index contributed by atoms with van der Waals surface area (Å²) in [6, 6.07) is 8.28. The zero-order valence-electron chi connectivity index (χ0n) is 12.5. The van der Waals surface area contributed by atoms with Gasteiger partial charge in [0.2, 0.25) is 0 Å². The van der Waals surface area contributed by atoms with Crippen molar-refractivity contribution in [3.05, 3.63) is 51.3 Å². The van der Waals surface area contributed by atoms with Crippen molar-refractivity contribution >= 4 is 17.7 Å². The highest BCUT2D eigenvalue weighted by Gasteiger charge is 2.12. The molecule has 0 saturated carbocycles. The molecule has 1 heterocycles. The topological polar surface area (TPSA) is 61.2 Å². The van der Waals surface area contributed by atoms with E-state index in [1.54, 1.807) is 12.1 Å². The minimum absolute atomic E-state index is 0.268. The van der Waals surface area contributed by atoms with Crippen LogP contribution in [0.5, 0.6) is 0 Å². The molecule has 0 aliphatic heterocycles. The molecule has 0 bridgehead atoms.